The Morgan fingerprint density at radius 3 is 2.47 bits per heavy atom. The minimum atomic E-state index is -0.963. The van der Waals surface area contributed by atoms with E-state index in [-0.39, 0.29) is 18.5 Å². The van der Waals surface area contributed by atoms with Crippen molar-refractivity contribution < 1.29 is 14.7 Å². The third-order valence-electron chi connectivity index (χ3n) is 3.19. The van der Waals surface area contributed by atoms with Crippen LogP contribution in [-0.4, -0.2) is 34.5 Å². The first-order chi connectivity index (χ1) is 8.99. The number of hydrogen-bond donors (Lipinski definition) is 1. The number of carboxylic acid groups (broad SMARTS) is 1. The van der Waals surface area contributed by atoms with Crippen molar-refractivity contribution in [3.05, 3.63) is 19.2 Å². The maximum Gasteiger partial charge on any atom is 0.323 e. The molecule has 1 aliphatic carbocycles. The summed E-state index contributed by atoms with van der Waals surface area (Å²) in [6, 6.07) is 1.80. The molecule has 1 saturated carbocycles. The van der Waals surface area contributed by atoms with E-state index in [1.165, 1.54) is 16.2 Å². The number of thiophene rings is 1. The summed E-state index contributed by atoms with van der Waals surface area (Å²) in [4.78, 5) is 25.5. The van der Waals surface area contributed by atoms with E-state index in [9.17, 15) is 9.59 Å². The van der Waals surface area contributed by atoms with Crippen LogP contribution in [0.1, 0.15) is 35.4 Å². The summed E-state index contributed by atoms with van der Waals surface area (Å²) in [5.41, 5.74) is 0. The minimum absolute atomic E-state index is 0.0586. The molecule has 1 fully saturated rings. The maximum absolute atomic E-state index is 12.5. The molecule has 0 radical (unpaired) electrons. The third-order valence-corrected chi connectivity index (χ3v) is 6.43. The fourth-order valence-electron chi connectivity index (χ4n) is 2.32. The molecule has 1 aromatic heterocycles. The Balaban J connectivity index is 2.21. The number of nitrogens with zero attached hydrogens (tertiary/aromatic N) is 1. The van der Waals surface area contributed by atoms with E-state index < -0.39 is 5.97 Å². The number of carboxylic acids is 1. The largest absolute Gasteiger partial charge is 0.480 e. The normalized spacial score (nSPS) is 15.7. The van der Waals surface area contributed by atoms with Crippen LogP contribution in [0.5, 0.6) is 0 Å². The molecule has 104 valence electrons. The Labute approximate surface area is 132 Å². The molecule has 0 saturated heterocycles. The summed E-state index contributed by atoms with van der Waals surface area (Å²) in [6.07, 6.45) is 3.91. The first kappa shape index (κ1) is 15.0. The Morgan fingerprint density at radius 1 is 1.37 bits per heavy atom. The Bertz CT molecular complexity index is 478. The average Bonchev–Trinajstić information content (AvgIpc) is 2.96. The summed E-state index contributed by atoms with van der Waals surface area (Å²) in [5, 5.41) is 8.99. The van der Waals surface area contributed by atoms with Crippen LogP contribution in [-0.2, 0) is 4.79 Å². The average molecular weight is 411 g/mol. The quantitative estimate of drug-likeness (QED) is 0.822. The number of halogens is 2. The van der Waals surface area contributed by atoms with Gasteiger partial charge in [0, 0.05) is 10.5 Å². The van der Waals surface area contributed by atoms with Crippen molar-refractivity contribution >= 4 is 55.1 Å². The van der Waals surface area contributed by atoms with E-state index >= 15 is 0 Å². The molecule has 2 rings (SSSR count). The summed E-state index contributed by atoms with van der Waals surface area (Å²) in [7, 11) is 0. The van der Waals surface area contributed by atoms with E-state index in [4.69, 9.17) is 5.11 Å². The summed E-state index contributed by atoms with van der Waals surface area (Å²) >= 11 is 8.02. The minimum Gasteiger partial charge on any atom is -0.480 e. The maximum atomic E-state index is 12.5. The van der Waals surface area contributed by atoms with Crippen LogP contribution in [0.4, 0.5) is 0 Å². The van der Waals surface area contributed by atoms with E-state index in [1.54, 1.807) is 6.07 Å². The van der Waals surface area contributed by atoms with Crippen molar-refractivity contribution in [3.63, 3.8) is 0 Å². The molecule has 0 aliphatic heterocycles. The fraction of sp³-hybridized carbons (Fsp3) is 0.500. The number of carbonyl (C=O) groups is 2. The van der Waals surface area contributed by atoms with Gasteiger partial charge in [-0.3, -0.25) is 9.59 Å². The van der Waals surface area contributed by atoms with Gasteiger partial charge in [-0.05, 0) is 50.8 Å². The molecular formula is C12H13Br2NO3S. The van der Waals surface area contributed by atoms with Crippen molar-refractivity contribution in [2.45, 2.75) is 31.7 Å². The van der Waals surface area contributed by atoms with Gasteiger partial charge in [-0.25, -0.2) is 0 Å². The lowest BCUT2D eigenvalue weighted by Crippen LogP contribution is -2.41. The van der Waals surface area contributed by atoms with E-state index in [0.717, 1.165) is 33.9 Å². The molecule has 0 spiro atoms. The number of amides is 1. The Hall–Kier alpha value is -0.400. The SMILES string of the molecule is O=C(O)CN(C(=O)c1cc(Br)c(Br)s1)C1CCCC1. The Kier molecular flexibility index (Phi) is 5.03. The summed E-state index contributed by atoms with van der Waals surface area (Å²) in [5.74, 6) is -1.15. The zero-order valence-electron chi connectivity index (χ0n) is 10.1. The fourth-order valence-corrected chi connectivity index (χ4v) is 4.31. The molecule has 1 heterocycles. The highest BCUT2D eigenvalue weighted by atomic mass is 79.9. The van der Waals surface area contributed by atoms with Gasteiger partial charge in [0.05, 0.1) is 8.66 Å². The topological polar surface area (TPSA) is 57.6 Å². The molecule has 0 bridgehead atoms. The molecule has 7 heteroatoms. The molecule has 0 unspecified atom stereocenters. The van der Waals surface area contributed by atoms with E-state index in [1.807, 2.05) is 0 Å². The standard InChI is InChI=1S/C12H13Br2NO3S/c13-8-5-9(19-11(8)14)12(18)15(6-10(16)17)7-3-1-2-4-7/h5,7H,1-4,6H2,(H,16,17). The van der Waals surface area contributed by atoms with Gasteiger partial charge in [-0.2, -0.15) is 0 Å². The van der Waals surface area contributed by atoms with E-state index in [2.05, 4.69) is 31.9 Å². The van der Waals surface area contributed by atoms with Gasteiger partial charge in [0.15, 0.2) is 0 Å². The van der Waals surface area contributed by atoms with Gasteiger partial charge in [0.2, 0.25) is 0 Å². The molecular weight excluding hydrogens is 398 g/mol. The molecule has 0 aromatic carbocycles. The van der Waals surface area contributed by atoms with Crippen LogP contribution >= 0.6 is 43.2 Å². The van der Waals surface area contributed by atoms with Gasteiger partial charge in [0.25, 0.3) is 5.91 Å². The second-order valence-corrected chi connectivity index (χ2v) is 7.72. The summed E-state index contributed by atoms with van der Waals surface area (Å²) < 4.78 is 1.67. The van der Waals surface area contributed by atoms with E-state index in [0.29, 0.717) is 4.88 Å². The van der Waals surface area contributed by atoms with Crippen LogP contribution in [0.2, 0.25) is 0 Å². The predicted octanol–water partition coefficient (Wildman–Crippen LogP) is 3.74. The zero-order chi connectivity index (χ0) is 14.0. The van der Waals surface area contributed by atoms with Crippen LogP contribution in [0.15, 0.2) is 14.3 Å². The van der Waals surface area contributed by atoms with Gasteiger partial charge < -0.3 is 10.0 Å². The first-order valence-electron chi connectivity index (χ1n) is 5.96. The van der Waals surface area contributed by atoms with Gasteiger partial charge >= 0.3 is 5.97 Å². The molecule has 19 heavy (non-hydrogen) atoms. The molecule has 0 atom stereocenters. The van der Waals surface area contributed by atoms with Gasteiger partial charge in [-0.1, -0.05) is 12.8 Å². The number of hydrogen-bond acceptors (Lipinski definition) is 3. The number of carbonyl (C=O) groups excluding carboxylic acids is 1. The molecule has 4 nitrogen and oxygen atoms in total. The van der Waals surface area contributed by atoms with Crippen molar-refractivity contribution in [2.75, 3.05) is 6.54 Å². The predicted molar refractivity (Wildman–Crippen MR) is 80.6 cm³/mol. The van der Waals surface area contributed by atoms with Crippen LogP contribution < -0.4 is 0 Å². The van der Waals surface area contributed by atoms with Crippen LogP contribution in [0.25, 0.3) is 0 Å². The van der Waals surface area contributed by atoms with Crippen LogP contribution in [0.3, 0.4) is 0 Å². The van der Waals surface area contributed by atoms with Crippen molar-refractivity contribution in [1.82, 2.24) is 4.90 Å². The highest BCUT2D eigenvalue weighted by Crippen LogP contribution is 2.34. The van der Waals surface area contributed by atoms with Crippen molar-refractivity contribution in [1.29, 1.82) is 0 Å². The second-order valence-electron chi connectivity index (χ2n) is 4.50. The lowest BCUT2D eigenvalue weighted by Gasteiger charge is -2.26. The highest BCUT2D eigenvalue weighted by Gasteiger charge is 2.30. The van der Waals surface area contributed by atoms with Gasteiger partial charge in [-0.15, -0.1) is 11.3 Å². The highest BCUT2D eigenvalue weighted by molar-refractivity contribution is 9.13. The van der Waals surface area contributed by atoms with Crippen LogP contribution in [0, 0.1) is 0 Å². The zero-order valence-corrected chi connectivity index (χ0v) is 14.1. The smallest absolute Gasteiger partial charge is 0.323 e. The second kappa shape index (κ2) is 6.37. The molecule has 1 aliphatic rings. The molecule has 1 aromatic rings. The Morgan fingerprint density at radius 2 is 2.00 bits per heavy atom. The third kappa shape index (κ3) is 3.58. The summed E-state index contributed by atoms with van der Waals surface area (Å²) in [6.45, 7) is -0.226. The molecule has 1 N–H and O–H groups in total. The first-order valence-corrected chi connectivity index (χ1v) is 8.37. The number of rotatable bonds is 4. The van der Waals surface area contributed by atoms with Crippen molar-refractivity contribution in [2.24, 2.45) is 0 Å². The van der Waals surface area contributed by atoms with Gasteiger partial charge in [0.1, 0.15) is 6.54 Å². The van der Waals surface area contributed by atoms with Crippen molar-refractivity contribution in [3.8, 4) is 0 Å². The lowest BCUT2D eigenvalue weighted by atomic mass is 10.2. The lowest BCUT2D eigenvalue weighted by molar-refractivity contribution is -0.138. The monoisotopic (exact) mass is 409 g/mol. The number of aliphatic carboxylic acids is 1. The molecule has 1 amide bonds.